The first-order valence-corrected chi connectivity index (χ1v) is 13.3. The summed E-state index contributed by atoms with van der Waals surface area (Å²) in [6.45, 7) is 6.11. The van der Waals surface area contributed by atoms with Gasteiger partial charge in [0.25, 0.3) is 0 Å². The van der Waals surface area contributed by atoms with Crippen molar-refractivity contribution in [2.45, 2.75) is 51.6 Å². The van der Waals surface area contributed by atoms with Crippen LogP contribution < -0.4 is 5.32 Å². The maximum Gasteiger partial charge on any atom is 0.224 e. The molecule has 1 atom stereocenters. The van der Waals surface area contributed by atoms with E-state index < -0.39 is 16.1 Å². The maximum absolute atomic E-state index is 13.1. The van der Waals surface area contributed by atoms with Gasteiger partial charge in [0, 0.05) is 47.6 Å². The van der Waals surface area contributed by atoms with Crippen LogP contribution in [0.5, 0.6) is 0 Å². The number of rotatable bonds is 5. The van der Waals surface area contributed by atoms with E-state index in [-0.39, 0.29) is 29.4 Å². The van der Waals surface area contributed by atoms with Gasteiger partial charge in [0.15, 0.2) is 0 Å². The highest BCUT2D eigenvalue weighted by Crippen LogP contribution is 2.54. The fraction of sp³-hybridized carbons (Fsp3) is 0.458. The Morgan fingerprint density at radius 3 is 2.73 bits per heavy atom. The summed E-state index contributed by atoms with van der Waals surface area (Å²) in [7, 11) is -2.51. The number of carbonyl (C=O) groups is 1. The minimum absolute atomic E-state index is 0.00298. The van der Waals surface area contributed by atoms with Crippen LogP contribution in [0.1, 0.15) is 44.5 Å². The van der Waals surface area contributed by atoms with Gasteiger partial charge in [-0.1, -0.05) is 12.1 Å². The Bertz CT molecular complexity index is 1180. The van der Waals surface area contributed by atoms with Gasteiger partial charge < -0.3 is 5.32 Å². The van der Waals surface area contributed by atoms with Gasteiger partial charge in [-0.25, -0.2) is 4.68 Å². The Kier molecular flexibility index (Phi) is 5.38. The molecular formula is C24H31N5O3S. The van der Waals surface area contributed by atoms with E-state index in [9.17, 15) is 13.9 Å². The smallest absolute Gasteiger partial charge is 0.224 e. The average Bonchev–Trinajstić information content (AvgIpc) is 3.40. The standard InChI is InChI=1S/C24H31N5O3S/c1-16(2)29-21-13-18(23(30)26-24(3)14-33(31,32)15-24)8-9-20(21)22(27-29)17-6-4-7-19(12-17)28-11-5-10-25-28/h4-7,10-12,16,18,31-32H,8-9,13-15H2,1-3H3,(H,26,30). The third kappa shape index (κ3) is 4.20. The predicted octanol–water partition coefficient (Wildman–Crippen LogP) is 4.06. The van der Waals surface area contributed by atoms with Crippen molar-refractivity contribution in [3.05, 3.63) is 54.0 Å². The minimum atomic E-state index is -2.51. The monoisotopic (exact) mass is 469 g/mol. The summed E-state index contributed by atoms with van der Waals surface area (Å²) in [5, 5.41) is 12.4. The summed E-state index contributed by atoms with van der Waals surface area (Å²) in [4.78, 5) is 13.1. The van der Waals surface area contributed by atoms with Crippen LogP contribution in [0.3, 0.4) is 0 Å². The third-order valence-corrected chi connectivity index (χ3v) is 8.77. The van der Waals surface area contributed by atoms with Crippen LogP contribution in [0.2, 0.25) is 0 Å². The van der Waals surface area contributed by atoms with E-state index in [1.165, 1.54) is 5.56 Å². The molecule has 3 aromatic rings. The maximum atomic E-state index is 13.1. The van der Waals surface area contributed by atoms with Crippen molar-refractivity contribution in [1.82, 2.24) is 24.9 Å². The van der Waals surface area contributed by atoms with Crippen molar-refractivity contribution in [1.29, 1.82) is 0 Å². The summed E-state index contributed by atoms with van der Waals surface area (Å²) in [5.41, 5.74) is 4.83. The Labute approximate surface area is 195 Å². The number of hydrogen-bond donors (Lipinski definition) is 3. The van der Waals surface area contributed by atoms with Gasteiger partial charge in [-0.2, -0.15) is 20.8 Å². The average molecular weight is 470 g/mol. The van der Waals surface area contributed by atoms with Crippen molar-refractivity contribution in [3.8, 4) is 16.9 Å². The number of aromatic nitrogens is 4. The second-order valence-corrected chi connectivity index (χ2v) is 12.1. The van der Waals surface area contributed by atoms with Crippen LogP contribution in [0.25, 0.3) is 16.9 Å². The van der Waals surface area contributed by atoms with E-state index in [1.807, 2.05) is 36.0 Å². The molecule has 2 aromatic heterocycles. The highest BCUT2D eigenvalue weighted by Gasteiger charge is 2.46. The number of amides is 1. The molecule has 5 rings (SSSR count). The summed E-state index contributed by atoms with van der Waals surface area (Å²) in [6.07, 6.45) is 5.86. The molecule has 3 N–H and O–H groups in total. The summed E-state index contributed by atoms with van der Waals surface area (Å²) in [5.74, 6) is 0.334. The highest BCUT2D eigenvalue weighted by atomic mass is 32.3. The van der Waals surface area contributed by atoms with Gasteiger partial charge in [0.1, 0.15) is 0 Å². The van der Waals surface area contributed by atoms with Crippen LogP contribution >= 0.6 is 10.6 Å². The highest BCUT2D eigenvalue weighted by molar-refractivity contribution is 8.25. The fourth-order valence-electron chi connectivity index (χ4n) is 5.19. The van der Waals surface area contributed by atoms with Crippen molar-refractivity contribution < 1.29 is 13.9 Å². The lowest BCUT2D eigenvalue weighted by molar-refractivity contribution is -0.126. The molecule has 0 radical (unpaired) electrons. The van der Waals surface area contributed by atoms with Gasteiger partial charge in [-0.3, -0.25) is 18.6 Å². The van der Waals surface area contributed by atoms with Crippen molar-refractivity contribution in [2.75, 3.05) is 11.5 Å². The molecule has 0 saturated carbocycles. The van der Waals surface area contributed by atoms with Gasteiger partial charge in [-0.15, -0.1) is 0 Å². The lowest BCUT2D eigenvalue weighted by atomic mass is 9.84. The molecule has 1 aliphatic carbocycles. The number of nitrogens with one attached hydrogen (secondary N) is 1. The molecule has 1 saturated heterocycles. The first-order valence-electron chi connectivity index (χ1n) is 11.4. The summed E-state index contributed by atoms with van der Waals surface area (Å²) >= 11 is 0. The predicted molar refractivity (Wildman–Crippen MR) is 130 cm³/mol. The zero-order chi connectivity index (χ0) is 23.4. The lowest BCUT2D eigenvalue weighted by Gasteiger charge is -2.54. The van der Waals surface area contributed by atoms with Crippen LogP contribution in [0, 0.1) is 5.92 Å². The van der Waals surface area contributed by atoms with Crippen LogP contribution in [-0.2, 0) is 17.6 Å². The second kappa shape index (κ2) is 8.00. The molecule has 3 heterocycles. The molecule has 1 unspecified atom stereocenters. The fourth-order valence-corrected chi connectivity index (χ4v) is 7.29. The van der Waals surface area contributed by atoms with Crippen molar-refractivity contribution >= 4 is 16.5 Å². The van der Waals surface area contributed by atoms with Gasteiger partial charge in [0.2, 0.25) is 5.91 Å². The van der Waals surface area contributed by atoms with Crippen molar-refractivity contribution in [2.24, 2.45) is 5.92 Å². The minimum Gasteiger partial charge on any atom is -0.348 e. The number of nitrogens with zero attached hydrogens (tertiary/aromatic N) is 4. The first kappa shape index (κ1) is 22.2. The SMILES string of the molecule is CC(C)n1nc(-c2cccc(-n3cccn3)c2)c2c1CC(C(=O)NC1(C)CS(O)(O)C1)CC2. The van der Waals surface area contributed by atoms with E-state index in [4.69, 9.17) is 5.10 Å². The van der Waals surface area contributed by atoms with E-state index in [1.54, 1.807) is 6.20 Å². The summed E-state index contributed by atoms with van der Waals surface area (Å²) in [6, 6.07) is 10.3. The molecule has 176 valence electrons. The molecule has 0 spiro atoms. The molecule has 8 nitrogen and oxygen atoms in total. The van der Waals surface area contributed by atoms with Crippen LogP contribution in [0.4, 0.5) is 0 Å². The Morgan fingerprint density at radius 1 is 1.27 bits per heavy atom. The number of hydrogen-bond acceptors (Lipinski definition) is 5. The topological polar surface area (TPSA) is 105 Å². The zero-order valence-corrected chi connectivity index (χ0v) is 20.0. The van der Waals surface area contributed by atoms with E-state index in [2.05, 4.69) is 41.1 Å². The second-order valence-electron chi connectivity index (χ2n) is 9.89. The Morgan fingerprint density at radius 2 is 2.06 bits per heavy atom. The Balaban J connectivity index is 1.42. The Hall–Kier alpha value is -2.62. The third-order valence-electron chi connectivity index (χ3n) is 6.57. The van der Waals surface area contributed by atoms with E-state index in [0.29, 0.717) is 6.42 Å². The summed E-state index contributed by atoms with van der Waals surface area (Å²) < 4.78 is 23.4. The molecule has 0 bridgehead atoms. The molecule has 1 aromatic carbocycles. The first-order chi connectivity index (χ1) is 15.6. The van der Waals surface area contributed by atoms with Gasteiger partial charge in [0.05, 0.1) is 28.4 Å². The van der Waals surface area contributed by atoms with Crippen molar-refractivity contribution in [3.63, 3.8) is 0 Å². The molecule has 33 heavy (non-hydrogen) atoms. The van der Waals surface area contributed by atoms with Gasteiger partial charge in [-0.05, 0) is 51.8 Å². The quantitative estimate of drug-likeness (QED) is 0.523. The molecule has 1 fully saturated rings. The molecular weight excluding hydrogens is 438 g/mol. The van der Waals surface area contributed by atoms with Crippen LogP contribution in [0.15, 0.2) is 42.7 Å². The molecule has 1 aliphatic heterocycles. The normalized spacial score (nSPS) is 21.8. The number of benzene rings is 1. The largest absolute Gasteiger partial charge is 0.348 e. The van der Waals surface area contributed by atoms with Gasteiger partial charge >= 0.3 is 0 Å². The molecule has 2 aliphatic rings. The van der Waals surface area contributed by atoms with E-state index >= 15 is 0 Å². The number of fused-ring (bicyclic) bond motifs is 1. The lowest BCUT2D eigenvalue weighted by Crippen LogP contribution is -2.62. The van der Waals surface area contributed by atoms with E-state index in [0.717, 1.165) is 35.5 Å². The van der Waals surface area contributed by atoms with Crippen LogP contribution in [-0.4, -0.2) is 51.6 Å². The molecule has 9 heteroatoms. The number of carbonyl (C=O) groups excluding carboxylic acids is 1. The zero-order valence-electron chi connectivity index (χ0n) is 19.2. The molecule has 1 amide bonds.